The van der Waals surface area contributed by atoms with E-state index in [1.807, 2.05) is 6.08 Å². The third kappa shape index (κ3) is 1.14. The Morgan fingerprint density at radius 2 is 2.50 bits per heavy atom. The standard InChI is InChI=1S/C9H13NO2/c1-7-4-5-9(11)10-8(7)3-2-6-12-10/h2-3,7-8H,4-6H2,1H3/t7-,8-/m1/s1. The molecule has 2 atom stereocenters. The third-order valence-electron chi connectivity index (χ3n) is 2.56. The van der Waals surface area contributed by atoms with Gasteiger partial charge in [-0.25, -0.2) is 5.06 Å². The molecule has 2 aliphatic rings. The van der Waals surface area contributed by atoms with Crippen molar-refractivity contribution in [2.24, 2.45) is 5.92 Å². The van der Waals surface area contributed by atoms with E-state index in [2.05, 4.69) is 13.0 Å². The molecule has 66 valence electrons. The second-order valence-electron chi connectivity index (χ2n) is 3.45. The van der Waals surface area contributed by atoms with Gasteiger partial charge in [0.25, 0.3) is 0 Å². The smallest absolute Gasteiger partial charge is 0.246 e. The molecule has 0 spiro atoms. The van der Waals surface area contributed by atoms with Gasteiger partial charge >= 0.3 is 0 Å². The number of fused-ring (bicyclic) bond motifs is 1. The maximum Gasteiger partial charge on any atom is 0.246 e. The highest BCUT2D eigenvalue weighted by molar-refractivity contribution is 5.76. The van der Waals surface area contributed by atoms with E-state index in [0.29, 0.717) is 18.9 Å². The van der Waals surface area contributed by atoms with E-state index in [9.17, 15) is 4.79 Å². The Balaban J connectivity index is 2.20. The van der Waals surface area contributed by atoms with E-state index in [1.54, 1.807) is 0 Å². The van der Waals surface area contributed by atoms with E-state index in [-0.39, 0.29) is 11.9 Å². The van der Waals surface area contributed by atoms with Crippen molar-refractivity contribution in [2.45, 2.75) is 25.8 Å². The van der Waals surface area contributed by atoms with E-state index >= 15 is 0 Å². The molecule has 0 saturated carbocycles. The summed E-state index contributed by atoms with van der Waals surface area (Å²) >= 11 is 0. The largest absolute Gasteiger partial charge is 0.273 e. The lowest BCUT2D eigenvalue weighted by atomic mass is 9.91. The van der Waals surface area contributed by atoms with Crippen LogP contribution >= 0.6 is 0 Å². The SMILES string of the molecule is C[C@@H]1CCC(=O)N2OCC=C[C@H]12. The highest BCUT2D eigenvalue weighted by Gasteiger charge is 2.33. The summed E-state index contributed by atoms with van der Waals surface area (Å²) in [7, 11) is 0. The molecule has 0 N–H and O–H groups in total. The fourth-order valence-electron chi connectivity index (χ4n) is 1.77. The van der Waals surface area contributed by atoms with E-state index in [0.717, 1.165) is 6.42 Å². The van der Waals surface area contributed by atoms with Gasteiger partial charge in [0, 0.05) is 6.42 Å². The van der Waals surface area contributed by atoms with Crippen molar-refractivity contribution in [3.63, 3.8) is 0 Å². The van der Waals surface area contributed by atoms with Crippen molar-refractivity contribution < 1.29 is 9.63 Å². The first-order chi connectivity index (χ1) is 5.79. The Kier molecular flexibility index (Phi) is 1.89. The molecule has 0 bridgehead atoms. The van der Waals surface area contributed by atoms with E-state index < -0.39 is 0 Å². The summed E-state index contributed by atoms with van der Waals surface area (Å²) in [4.78, 5) is 16.6. The number of hydrogen-bond donors (Lipinski definition) is 0. The van der Waals surface area contributed by atoms with E-state index in [1.165, 1.54) is 5.06 Å². The maximum atomic E-state index is 11.3. The van der Waals surface area contributed by atoms with Gasteiger partial charge in [0.1, 0.15) is 0 Å². The first-order valence-corrected chi connectivity index (χ1v) is 4.40. The zero-order chi connectivity index (χ0) is 8.55. The van der Waals surface area contributed by atoms with Gasteiger partial charge < -0.3 is 0 Å². The van der Waals surface area contributed by atoms with Crippen molar-refractivity contribution in [1.29, 1.82) is 0 Å². The van der Waals surface area contributed by atoms with Crippen molar-refractivity contribution in [3.8, 4) is 0 Å². The molecule has 0 radical (unpaired) electrons. The normalized spacial score (nSPS) is 35.1. The number of amides is 1. The van der Waals surface area contributed by atoms with Gasteiger partial charge in [0.15, 0.2) is 0 Å². The van der Waals surface area contributed by atoms with Crippen molar-refractivity contribution in [3.05, 3.63) is 12.2 Å². The number of hydroxylamine groups is 2. The summed E-state index contributed by atoms with van der Waals surface area (Å²) in [5.74, 6) is 0.654. The highest BCUT2D eigenvalue weighted by Crippen LogP contribution is 2.26. The molecule has 0 aromatic heterocycles. The molecule has 1 fully saturated rings. The second-order valence-corrected chi connectivity index (χ2v) is 3.45. The van der Waals surface area contributed by atoms with Crippen LogP contribution in [0.15, 0.2) is 12.2 Å². The van der Waals surface area contributed by atoms with Crippen LogP contribution in [0.4, 0.5) is 0 Å². The summed E-state index contributed by atoms with van der Waals surface area (Å²) in [6.45, 7) is 2.69. The van der Waals surface area contributed by atoms with Crippen LogP contribution in [-0.4, -0.2) is 23.6 Å². The van der Waals surface area contributed by atoms with Crippen LogP contribution in [0.2, 0.25) is 0 Å². The van der Waals surface area contributed by atoms with Crippen molar-refractivity contribution in [2.75, 3.05) is 6.61 Å². The molecule has 0 aliphatic carbocycles. The maximum absolute atomic E-state index is 11.3. The average molecular weight is 167 g/mol. The second kappa shape index (κ2) is 2.90. The number of nitrogens with zero attached hydrogens (tertiary/aromatic N) is 1. The van der Waals surface area contributed by atoms with E-state index in [4.69, 9.17) is 4.84 Å². The van der Waals surface area contributed by atoms with Crippen LogP contribution < -0.4 is 0 Å². The summed E-state index contributed by atoms with van der Waals surface area (Å²) in [6.07, 6.45) is 5.67. The lowest BCUT2D eigenvalue weighted by Crippen LogP contribution is -2.48. The Bertz CT molecular complexity index is 225. The molecule has 2 heterocycles. The zero-order valence-corrected chi connectivity index (χ0v) is 7.19. The monoisotopic (exact) mass is 167 g/mol. The molecule has 1 amide bonds. The van der Waals surface area contributed by atoms with Gasteiger partial charge in [0.05, 0.1) is 12.6 Å². The van der Waals surface area contributed by atoms with Crippen LogP contribution in [0.1, 0.15) is 19.8 Å². The predicted octanol–water partition coefficient (Wildman–Crippen LogP) is 1.11. The number of piperidine rings is 1. The number of hydrogen-bond acceptors (Lipinski definition) is 2. The topological polar surface area (TPSA) is 29.5 Å². The van der Waals surface area contributed by atoms with Gasteiger partial charge in [-0.2, -0.15) is 0 Å². The fraction of sp³-hybridized carbons (Fsp3) is 0.667. The van der Waals surface area contributed by atoms with Gasteiger partial charge in [-0.3, -0.25) is 9.63 Å². The Morgan fingerprint density at radius 3 is 3.25 bits per heavy atom. The summed E-state index contributed by atoms with van der Waals surface area (Å²) in [5, 5.41) is 1.54. The summed E-state index contributed by atoms with van der Waals surface area (Å²) in [5.41, 5.74) is 0. The van der Waals surface area contributed by atoms with Gasteiger partial charge in [0.2, 0.25) is 5.91 Å². The Morgan fingerprint density at radius 1 is 1.67 bits per heavy atom. The minimum absolute atomic E-state index is 0.127. The number of carbonyl (C=O) groups excluding carboxylic acids is 1. The first-order valence-electron chi connectivity index (χ1n) is 4.40. The molecule has 3 nitrogen and oxygen atoms in total. The lowest BCUT2D eigenvalue weighted by molar-refractivity contribution is -0.206. The summed E-state index contributed by atoms with van der Waals surface area (Å²) in [6, 6.07) is 0.181. The van der Waals surface area contributed by atoms with Crippen molar-refractivity contribution >= 4 is 5.91 Å². The molecular weight excluding hydrogens is 154 g/mol. The van der Waals surface area contributed by atoms with Gasteiger partial charge in [-0.1, -0.05) is 19.1 Å². The molecular formula is C9H13NO2. The molecule has 0 unspecified atom stereocenters. The van der Waals surface area contributed by atoms with Gasteiger partial charge in [-0.15, -0.1) is 0 Å². The molecule has 2 aliphatic heterocycles. The summed E-state index contributed by atoms with van der Waals surface area (Å²) < 4.78 is 0. The van der Waals surface area contributed by atoms with Gasteiger partial charge in [-0.05, 0) is 12.3 Å². The first kappa shape index (κ1) is 7.80. The van der Waals surface area contributed by atoms with Crippen LogP contribution in [0.5, 0.6) is 0 Å². The minimum Gasteiger partial charge on any atom is -0.273 e. The Hall–Kier alpha value is -0.830. The van der Waals surface area contributed by atoms with Crippen LogP contribution in [0.25, 0.3) is 0 Å². The molecule has 0 aromatic rings. The fourth-order valence-corrected chi connectivity index (χ4v) is 1.77. The number of rotatable bonds is 0. The van der Waals surface area contributed by atoms with Crippen LogP contribution in [-0.2, 0) is 9.63 Å². The minimum atomic E-state index is 0.127. The third-order valence-corrected chi connectivity index (χ3v) is 2.56. The number of carbonyl (C=O) groups is 1. The molecule has 3 heteroatoms. The van der Waals surface area contributed by atoms with Crippen LogP contribution in [0.3, 0.4) is 0 Å². The average Bonchev–Trinajstić information content (AvgIpc) is 2.12. The van der Waals surface area contributed by atoms with Crippen molar-refractivity contribution in [1.82, 2.24) is 5.06 Å². The zero-order valence-electron chi connectivity index (χ0n) is 7.19. The quantitative estimate of drug-likeness (QED) is 0.506. The molecule has 0 aromatic carbocycles. The molecule has 12 heavy (non-hydrogen) atoms. The lowest BCUT2D eigenvalue weighted by Gasteiger charge is -2.38. The molecule has 2 rings (SSSR count). The Labute approximate surface area is 71.9 Å². The van der Waals surface area contributed by atoms with Crippen LogP contribution in [0, 0.1) is 5.92 Å². The predicted molar refractivity (Wildman–Crippen MR) is 44.1 cm³/mol. The molecule has 1 saturated heterocycles. The highest BCUT2D eigenvalue weighted by atomic mass is 16.7.